The molecule has 0 unspecified atom stereocenters. The zero-order valence-corrected chi connectivity index (χ0v) is 28.4. The fourth-order valence-corrected chi connectivity index (χ4v) is 3.77. The summed E-state index contributed by atoms with van der Waals surface area (Å²) in [5.74, 6) is 1.20. The lowest BCUT2D eigenvalue weighted by atomic mass is 10.1. The number of ketones is 2. The second-order valence-corrected chi connectivity index (χ2v) is 12.1. The van der Waals surface area contributed by atoms with Gasteiger partial charge < -0.3 is 39.1 Å². The summed E-state index contributed by atoms with van der Waals surface area (Å²) in [5, 5.41) is 5.23. The fraction of sp³-hybridized carbons (Fsp3) is 0.429. The van der Waals surface area contributed by atoms with Gasteiger partial charge in [-0.2, -0.15) is 0 Å². The van der Waals surface area contributed by atoms with E-state index in [0.29, 0.717) is 34.1 Å². The quantitative estimate of drug-likeness (QED) is 0.130. The van der Waals surface area contributed by atoms with E-state index in [4.69, 9.17) is 28.4 Å². The maximum atomic E-state index is 12.5. The van der Waals surface area contributed by atoms with Gasteiger partial charge in [0.15, 0.2) is 11.6 Å². The SMILES string of the molecule is COc1cc(OCCNC(=O)OC(C)(C)C)ccc1/C=C/C(=O)CC(=O)/C=C/c1ccc(OCCNC(=O)OC(C)(C)C)cc1OC. The molecule has 0 heterocycles. The first-order valence-corrected chi connectivity index (χ1v) is 15.1. The van der Waals surface area contributed by atoms with Crippen molar-refractivity contribution in [2.75, 3.05) is 40.5 Å². The van der Waals surface area contributed by atoms with Gasteiger partial charge in [-0.3, -0.25) is 9.59 Å². The number of hydrogen-bond acceptors (Lipinski definition) is 10. The molecule has 0 saturated carbocycles. The van der Waals surface area contributed by atoms with Crippen molar-refractivity contribution in [1.82, 2.24) is 10.6 Å². The number of carbonyl (C=O) groups excluding carboxylic acids is 4. The number of benzene rings is 2. The van der Waals surface area contributed by atoms with Crippen molar-refractivity contribution in [1.29, 1.82) is 0 Å². The van der Waals surface area contributed by atoms with Gasteiger partial charge in [-0.1, -0.05) is 0 Å². The first-order chi connectivity index (χ1) is 22.1. The Morgan fingerprint density at radius 1 is 0.638 bits per heavy atom. The van der Waals surface area contributed by atoms with Crippen molar-refractivity contribution in [3.63, 3.8) is 0 Å². The molecule has 0 spiro atoms. The minimum atomic E-state index is -0.586. The van der Waals surface area contributed by atoms with Gasteiger partial charge in [0.25, 0.3) is 0 Å². The molecule has 0 aromatic heterocycles. The van der Waals surface area contributed by atoms with E-state index in [-0.39, 0.29) is 44.3 Å². The molecule has 47 heavy (non-hydrogen) atoms. The van der Waals surface area contributed by atoms with Crippen LogP contribution in [0.15, 0.2) is 48.6 Å². The van der Waals surface area contributed by atoms with E-state index in [1.807, 2.05) is 0 Å². The van der Waals surface area contributed by atoms with Gasteiger partial charge in [0.1, 0.15) is 47.4 Å². The molecule has 2 aromatic carbocycles. The normalized spacial score (nSPS) is 11.6. The molecule has 0 bridgehead atoms. The van der Waals surface area contributed by atoms with Crippen molar-refractivity contribution < 1.29 is 47.6 Å². The van der Waals surface area contributed by atoms with Crippen LogP contribution in [0.5, 0.6) is 23.0 Å². The van der Waals surface area contributed by atoms with E-state index < -0.39 is 23.4 Å². The second kappa shape index (κ2) is 18.2. The van der Waals surface area contributed by atoms with Gasteiger partial charge in [0, 0.05) is 23.3 Å². The van der Waals surface area contributed by atoms with Gasteiger partial charge in [0.05, 0.1) is 33.7 Å². The van der Waals surface area contributed by atoms with E-state index in [0.717, 1.165) is 0 Å². The van der Waals surface area contributed by atoms with Crippen molar-refractivity contribution >= 4 is 35.9 Å². The Kier molecular flexibility index (Phi) is 14.8. The van der Waals surface area contributed by atoms with Crippen LogP contribution in [-0.4, -0.2) is 75.5 Å². The monoisotopic (exact) mass is 654 g/mol. The number of allylic oxidation sites excluding steroid dienone is 2. The summed E-state index contributed by atoms with van der Waals surface area (Å²) in [6, 6.07) is 10.2. The molecule has 2 rings (SSSR count). The van der Waals surface area contributed by atoms with E-state index >= 15 is 0 Å². The van der Waals surface area contributed by atoms with Crippen molar-refractivity contribution in [2.45, 2.75) is 59.2 Å². The topological polar surface area (TPSA) is 148 Å². The lowest BCUT2D eigenvalue weighted by Crippen LogP contribution is -2.34. The predicted molar refractivity (Wildman–Crippen MR) is 178 cm³/mol. The molecule has 256 valence electrons. The molecular weight excluding hydrogens is 608 g/mol. The second-order valence-electron chi connectivity index (χ2n) is 12.1. The van der Waals surface area contributed by atoms with Gasteiger partial charge in [-0.25, -0.2) is 9.59 Å². The van der Waals surface area contributed by atoms with Gasteiger partial charge in [-0.15, -0.1) is 0 Å². The van der Waals surface area contributed by atoms with Crippen LogP contribution in [0.2, 0.25) is 0 Å². The first kappa shape index (κ1) is 38.2. The van der Waals surface area contributed by atoms with E-state index in [1.165, 1.54) is 26.4 Å². The zero-order chi connectivity index (χ0) is 35.0. The van der Waals surface area contributed by atoms with Crippen molar-refractivity contribution in [3.8, 4) is 23.0 Å². The molecule has 12 heteroatoms. The van der Waals surface area contributed by atoms with Crippen LogP contribution in [0.4, 0.5) is 9.59 Å². The highest BCUT2D eigenvalue weighted by atomic mass is 16.6. The molecule has 2 aromatic rings. The number of rotatable bonds is 16. The van der Waals surface area contributed by atoms with Crippen molar-refractivity contribution in [2.24, 2.45) is 0 Å². The Hall–Kier alpha value is -5.00. The molecule has 2 amide bonds. The third-order valence-corrected chi connectivity index (χ3v) is 5.73. The fourth-order valence-electron chi connectivity index (χ4n) is 3.77. The number of nitrogens with one attached hydrogen (secondary N) is 2. The van der Waals surface area contributed by atoms with Crippen LogP contribution in [0.3, 0.4) is 0 Å². The highest BCUT2D eigenvalue weighted by Gasteiger charge is 2.16. The number of amides is 2. The van der Waals surface area contributed by atoms with E-state index in [1.54, 1.807) is 90.1 Å². The van der Waals surface area contributed by atoms with Crippen LogP contribution < -0.4 is 29.6 Å². The van der Waals surface area contributed by atoms with Crippen LogP contribution in [0.25, 0.3) is 12.2 Å². The summed E-state index contributed by atoms with van der Waals surface area (Å²) in [5.41, 5.74) is 0.0708. The van der Waals surface area contributed by atoms with E-state index in [9.17, 15) is 19.2 Å². The number of hydrogen-bond donors (Lipinski definition) is 2. The number of alkyl carbamates (subject to hydrolysis) is 2. The maximum absolute atomic E-state index is 12.5. The Labute approximate surface area is 276 Å². The Morgan fingerprint density at radius 2 is 1.02 bits per heavy atom. The zero-order valence-electron chi connectivity index (χ0n) is 28.4. The van der Waals surface area contributed by atoms with Crippen LogP contribution >= 0.6 is 0 Å². The summed E-state index contributed by atoms with van der Waals surface area (Å²) >= 11 is 0. The Bertz CT molecular complexity index is 1330. The molecule has 0 aliphatic carbocycles. The Balaban J connectivity index is 1.86. The summed E-state index contributed by atoms with van der Waals surface area (Å²) in [4.78, 5) is 48.5. The summed E-state index contributed by atoms with van der Waals surface area (Å²) < 4.78 is 32.5. The van der Waals surface area contributed by atoms with Gasteiger partial charge in [0.2, 0.25) is 0 Å². The van der Waals surface area contributed by atoms with Crippen LogP contribution in [0, 0.1) is 0 Å². The van der Waals surface area contributed by atoms with Gasteiger partial charge in [-0.05, 0) is 90.1 Å². The highest BCUT2D eigenvalue weighted by molar-refractivity contribution is 6.11. The van der Waals surface area contributed by atoms with Crippen LogP contribution in [-0.2, 0) is 19.1 Å². The minimum Gasteiger partial charge on any atom is -0.496 e. The first-order valence-electron chi connectivity index (χ1n) is 15.1. The van der Waals surface area contributed by atoms with E-state index in [2.05, 4.69) is 10.6 Å². The summed E-state index contributed by atoms with van der Waals surface area (Å²) in [7, 11) is 2.99. The molecule has 0 saturated heterocycles. The minimum absolute atomic E-state index is 0.213. The molecule has 0 radical (unpaired) electrons. The number of methoxy groups -OCH3 is 2. The molecule has 0 atom stereocenters. The lowest BCUT2D eigenvalue weighted by molar-refractivity contribution is -0.121. The smallest absolute Gasteiger partial charge is 0.407 e. The predicted octanol–water partition coefficient (Wildman–Crippen LogP) is 5.77. The highest BCUT2D eigenvalue weighted by Crippen LogP contribution is 2.27. The standard InChI is InChI=1S/C35H46N2O10/c1-34(2,3)46-32(40)36-17-19-44-28-15-11-24(30(22-28)42-7)9-13-26(38)21-27(39)14-10-25-12-16-29(23-31(25)43-8)45-20-18-37-33(41)47-35(4,5)6/h9-16,22-23H,17-21H2,1-8H3,(H,36,40)(H,37,41)/b13-9+,14-10+. The molecular formula is C35H46N2O10. The average Bonchev–Trinajstić information content (AvgIpc) is 2.98. The largest absolute Gasteiger partial charge is 0.496 e. The third-order valence-electron chi connectivity index (χ3n) is 5.73. The number of ether oxygens (including phenoxy) is 6. The number of carbonyl (C=O) groups is 4. The van der Waals surface area contributed by atoms with Gasteiger partial charge >= 0.3 is 12.2 Å². The lowest BCUT2D eigenvalue weighted by Gasteiger charge is -2.19. The molecule has 12 nitrogen and oxygen atoms in total. The van der Waals surface area contributed by atoms with Crippen LogP contribution in [0.1, 0.15) is 59.1 Å². The summed E-state index contributed by atoms with van der Waals surface area (Å²) in [6.07, 6.45) is 4.39. The molecule has 2 N–H and O–H groups in total. The third kappa shape index (κ3) is 15.7. The average molecular weight is 655 g/mol. The molecule has 0 fully saturated rings. The molecule has 0 aliphatic rings. The molecule has 0 aliphatic heterocycles. The summed E-state index contributed by atoms with van der Waals surface area (Å²) in [6.45, 7) is 11.6. The van der Waals surface area contributed by atoms with Crippen molar-refractivity contribution in [3.05, 3.63) is 59.7 Å². The maximum Gasteiger partial charge on any atom is 0.407 e. The Morgan fingerprint density at radius 3 is 1.36 bits per heavy atom.